The molecule has 0 spiro atoms. The van der Waals surface area contributed by atoms with Gasteiger partial charge in [0.05, 0.1) is 32.1 Å². The van der Waals surface area contributed by atoms with Gasteiger partial charge in [0.25, 0.3) is 5.91 Å². The lowest BCUT2D eigenvalue weighted by Gasteiger charge is -2.13. The highest BCUT2D eigenvalue weighted by molar-refractivity contribution is 5.94. The van der Waals surface area contributed by atoms with E-state index in [9.17, 15) is 4.79 Å². The number of nitrogens with one attached hydrogen (secondary N) is 1. The molecule has 0 aliphatic rings. The van der Waals surface area contributed by atoms with Gasteiger partial charge in [0, 0.05) is 24.9 Å². The first kappa shape index (κ1) is 23.1. The Hall–Kier alpha value is -2.18. The van der Waals surface area contributed by atoms with Crippen LogP contribution in [0.4, 0.5) is 0 Å². The number of aromatic nitrogens is 2. The molecule has 1 atom stereocenters. The maximum Gasteiger partial charge on any atom is 0.251 e. The van der Waals surface area contributed by atoms with Gasteiger partial charge >= 0.3 is 0 Å². The summed E-state index contributed by atoms with van der Waals surface area (Å²) in [7, 11) is 0. The van der Waals surface area contributed by atoms with Crippen molar-refractivity contribution in [3.63, 3.8) is 0 Å². The molecule has 160 valence electrons. The van der Waals surface area contributed by atoms with Crippen LogP contribution in [0, 0.1) is 12.8 Å². The predicted molar refractivity (Wildman–Crippen MR) is 115 cm³/mol. The number of rotatable bonds is 13. The zero-order chi connectivity index (χ0) is 21.1. The normalized spacial score (nSPS) is 12.3. The monoisotopic (exact) mass is 401 g/mol. The van der Waals surface area contributed by atoms with Crippen molar-refractivity contribution in [1.29, 1.82) is 0 Å². The molecule has 0 saturated carbocycles. The Morgan fingerprint density at radius 3 is 2.38 bits per heavy atom. The minimum absolute atomic E-state index is 0.0901. The molecule has 6 nitrogen and oxygen atoms in total. The van der Waals surface area contributed by atoms with Crippen LogP contribution in [0.25, 0.3) is 0 Å². The fraction of sp³-hybridized carbons (Fsp3) is 0.565. The molecule has 1 aromatic carbocycles. The molecular weight excluding hydrogens is 366 g/mol. The maximum atomic E-state index is 12.3. The lowest BCUT2D eigenvalue weighted by Crippen LogP contribution is -2.27. The van der Waals surface area contributed by atoms with E-state index in [1.165, 1.54) is 6.42 Å². The van der Waals surface area contributed by atoms with Crippen molar-refractivity contribution in [2.45, 2.75) is 46.6 Å². The minimum atomic E-state index is -0.0901. The fourth-order valence-corrected chi connectivity index (χ4v) is 2.96. The van der Waals surface area contributed by atoms with E-state index < -0.39 is 0 Å². The van der Waals surface area contributed by atoms with Gasteiger partial charge in [-0.15, -0.1) is 0 Å². The van der Waals surface area contributed by atoms with Gasteiger partial charge in [-0.05, 0) is 55.9 Å². The third kappa shape index (κ3) is 8.38. The smallest absolute Gasteiger partial charge is 0.251 e. The van der Waals surface area contributed by atoms with Gasteiger partial charge in [0.1, 0.15) is 0 Å². The van der Waals surface area contributed by atoms with Gasteiger partial charge < -0.3 is 14.8 Å². The first-order valence-corrected chi connectivity index (χ1v) is 10.5. The lowest BCUT2D eigenvalue weighted by molar-refractivity contribution is 0.0462. The summed E-state index contributed by atoms with van der Waals surface area (Å²) in [4.78, 5) is 12.3. The second-order valence-corrected chi connectivity index (χ2v) is 7.81. The number of hydrogen-bond donors (Lipinski definition) is 1. The largest absolute Gasteiger partial charge is 0.379 e. The zero-order valence-electron chi connectivity index (χ0n) is 18.2. The maximum absolute atomic E-state index is 12.3. The summed E-state index contributed by atoms with van der Waals surface area (Å²) < 4.78 is 13.0. The van der Waals surface area contributed by atoms with Crippen molar-refractivity contribution < 1.29 is 14.3 Å². The van der Waals surface area contributed by atoms with E-state index in [4.69, 9.17) is 9.47 Å². The summed E-state index contributed by atoms with van der Waals surface area (Å²) >= 11 is 0. The molecule has 0 aliphatic carbocycles. The van der Waals surface area contributed by atoms with Crippen molar-refractivity contribution in [2.75, 3.05) is 33.0 Å². The molecule has 6 heteroatoms. The molecule has 0 bridgehead atoms. The number of aryl methyl sites for hydroxylation is 1. The van der Waals surface area contributed by atoms with Crippen molar-refractivity contribution >= 4 is 5.91 Å². The topological polar surface area (TPSA) is 65.4 Å². The van der Waals surface area contributed by atoms with E-state index in [0.29, 0.717) is 31.9 Å². The molecule has 1 heterocycles. The van der Waals surface area contributed by atoms with Gasteiger partial charge in [-0.3, -0.25) is 9.48 Å². The number of carbonyl (C=O) groups excluding carboxylic acids is 1. The molecule has 0 saturated heterocycles. The first-order chi connectivity index (χ1) is 14.0. The quantitative estimate of drug-likeness (QED) is 0.515. The van der Waals surface area contributed by atoms with E-state index in [0.717, 1.165) is 30.1 Å². The van der Waals surface area contributed by atoms with Crippen LogP contribution in [0.5, 0.6) is 0 Å². The zero-order valence-corrected chi connectivity index (χ0v) is 18.2. The number of ether oxygens (including phenoxy) is 2. The molecule has 1 amide bonds. The van der Waals surface area contributed by atoms with Crippen LogP contribution in [0.2, 0.25) is 0 Å². The molecule has 0 aliphatic heterocycles. The number of amides is 1. The average Bonchev–Trinajstić information content (AvgIpc) is 3.15. The molecule has 29 heavy (non-hydrogen) atoms. The second-order valence-electron chi connectivity index (χ2n) is 7.81. The second kappa shape index (κ2) is 12.4. The Labute approximate surface area is 174 Å². The highest BCUT2D eigenvalue weighted by Crippen LogP contribution is 2.18. The average molecular weight is 402 g/mol. The number of benzene rings is 1. The summed E-state index contributed by atoms with van der Waals surface area (Å²) in [6.45, 7) is 11.4. The van der Waals surface area contributed by atoms with Crippen LogP contribution in [-0.4, -0.2) is 48.7 Å². The van der Waals surface area contributed by atoms with Gasteiger partial charge in [-0.25, -0.2) is 0 Å². The summed E-state index contributed by atoms with van der Waals surface area (Å²) in [5.41, 5.74) is 2.89. The molecule has 0 fully saturated rings. The third-order valence-corrected chi connectivity index (χ3v) is 4.76. The molecule has 2 aromatic rings. The molecule has 1 N–H and O–H groups in total. The van der Waals surface area contributed by atoms with Gasteiger partial charge in [0.2, 0.25) is 0 Å². The van der Waals surface area contributed by atoms with Crippen LogP contribution in [-0.2, 0) is 9.47 Å². The third-order valence-electron chi connectivity index (χ3n) is 4.76. The van der Waals surface area contributed by atoms with Crippen LogP contribution >= 0.6 is 0 Å². The molecule has 2 rings (SSSR count). The van der Waals surface area contributed by atoms with Crippen molar-refractivity contribution in [1.82, 2.24) is 15.1 Å². The Kier molecular flexibility index (Phi) is 9.88. The Morgan fingerprint density at radius 2 is 1.76 bits per heavy atom. The molecule has 1 unspecified atom stereocenters. The Morgan fingerprint density at radius 1 is 1.07 bits per heavy atom. The van der Waals surface area contributed by atoms with Crippen LogP contribution in [0.3, 0.4) is 0 Å². The van der Waals surface area contributed by atoms with E-state index >= 15 is 0 Å². The Balaban J connectivity index is 1.61. The summed E-state index contributed by atoms with van der Waals surface area (Å²) in [5, 5.41) is 7.24. The number of hydrogen-bond acceptors (Lipinski definition) is 4. The highest BCUT2D eigenvalue weighted by Gasteiger charge is 2.10. The SMILES string of the molecule is Cc1cnn(C(C)c2ccc(C(=O)NCCOCCOCCCC(C)C)cc2)c1. The standard InChI is InChI=1S/C23H35N3O3/c1-18(2)6-5-12-28-14-15-29-13-11-24-23(27)22-9-7-21(8-10-22)20(4)26-17-19(3)16-25-26/h7-10,16-18,20H,5-6,11-15H2,1-4H3,(H,24,27). The predicted octanol–water partition coefficient (Wildman–Crippen LogP) is 4.00. The minimum Gasteiger partial charge on any atom is -0.379 e. The van der Waals surface area contributed by atoms with Gasteiger partial charge in [-0.1, -0.05) is 26.0 Å². The van der Waals surface area contributed by atoms with E-state index in [-0.39, 0.29) is 11.9 Å². The van der Waals surface area contributed by atoms with Crippen molar-refractivity contribution in [2.24, 2.45) is 5.92 Å². The Bertz CT molecular complexity index is 725. The summed E-state index contributed by atoms with van der Waals surface area (Å²) in [5.74, 6) is 0.631. The lowest BCUT2D eigenvalue weighted by atomic mass is 10.1. The molecule has 1 aromatic heterocycles. The van der Waals surface area contributed by atoms with Crippen molar-refractivity contribution in [3.05, 3.63) is 53.3 Å². The first-order valence-electron chi connectivity index (χ1n) is 10.5. The van der Waals surface area contributed by atoms with Crippen LogP contribution < -0.4 is 5.32 Å². The molecule has 0 radical (unpaired) electrons. The van der Waals surface area contributed by atoms with Gasteiger partial charge in [0.15, 0.2) is 0 Å². The summed E-state index contributed by atoms with van der Waals surface area (Å²) in [6, 6.07) is 7.78. The number of nitrogens with zero attached hydrogens (tertiary/aromatic N) is 2. The van der Waals surface area contributed by atoms with Crippen molar-refractivity contribution in [3.8, 4) is 0 Å². The van der Waals surface area contributed by atoms with E-state index in [1.807, 2.05) is 48.3 Å². The number of carbonyl (C=O) groups is 1. The highest BCUT2D eigenvalue weighted by atomic mass is 16.5. The van der Waals surface area contributed by atoms with Gasteiger partial charge in [-0.2, -0.15) is 5.10 Å². The summed E-state index contributed by atoms with van der Waals surface area (Å²) in [6.07, 6.45) is 6.14. The van der Waals surface area contributed by atoms with E-state index in [2.05, 4.69) is 31.2 Å². The van der Waals surface area contributed by atoms with E-state index in [1.54, 1.807) is 0 Å². The van der Waals surface area contributed by atoms with Crippen LogP contribution in [0.15, 0.2) is 36.7 Å². The fourth-order valence-electron chi connectivity index (χ4n) is 2.96. The molecular formula is C23H35N3O3. The van der Waals surface area contributed by atoms with Crippen LogP contribution in [0.1, 0.15) is 61.1 Å².